The molecule has 0 fully saturated rings. The molecule has 1 aromatic rings. The van der Waals surface area contributed by atoms with E-state index in [1.54, 1.807) is 0 Å². The predicted octanol–water partition coefficient (Wildman–Crippen LogP) is 2.63. The van der Waals surface area contributed by atoms with Crippen molar-refractivity contribution in [1.29, 1.82) is 0 Å². The number of H-pyrrole nitrogens is 1. The molecule has 0 spiro atoms. The lowest BCUT2D eigenvalue weighted by atomic mass is 9.93. The van der Waals surface area contributed by atoms with Gasteiger partial charge in [-0.1, -0.05) is 27.7 Å². The van der Waals surface area contributed by atoms with E-state index in [0.717, 1.165) is 24.5 Å². The summed E-state index contributed by atoms with van der Waals surface area (Å²) in [5.41, 5.74) is 1.29. The molecule has 80 valence electrons. The summed E-state index contributed by atoms with van der Waals surface area (Å²) in [6, 6.07) is 0. The van der Waals surface area contributed by atoms with Crippen molar-refractivity contribution in [1.82, 2.24) is 9.97 Å². The first-order valence-corrected chi connectivity index (χ1v) is 5.16. The third-order valence-electron chi connectivity index (χ3n) is 2.02. The fraction of sp³-hybridized carbons (Fsp3) is 0.727. The summed E-state index contributed by atoms with van der Waals surface area (Å²) in [6.45, 7) is 9.98. The van der Waals surface area contributed by atoms with Crippen LogP contribution in [0.2, 0.25) is 0 Å². The molecule has 0 unspecified atom stereocenters. The molecule has 0 atom stereocenters. The van der Waals surface area contributed by atoms with E-state index < -0.39 is 0 Å². The smallest absolute Gasteiger partial charge is 0.132 e. The Morgan fingerprint density at radius 1 is 1.43 bits per heavy atom. The number of hydrogen-bond donors (Lipinski definition) is 1. The number of nitrogens with one attached hydrogen (secondary N) is 1. The molecule has 0 aliphatic heterocycles. The lowest BCUT2D eigenvalue weighted by Crippen LogP contribution is -2.11. The van der Waals surface area contributed by atoms with Crippen LogP contribution < -0.4 is 0 Å². The molecule has 0 aliphatic rings. The second kappa shape index (κ2) is 4.60. The van der Waals surface area contributed by atoms with Gasteiger partial charge in [-0.2, -0.15) is 0 Å². The summed E-state index contributed by atoms with van der Waals surface area (Å²) < 4.78 is 5.40. The largest absolute Gasteiger partial charge is 0.374 e. The van der Waals surface area contributed by atoms with Gasteiger partial charge < -0.3 is 9.72 Å². The average molecular weight is 196 g/mol. The molecule has 0 aliphatic carbocycles. The Kier molecular flexibility index (Phi) is 3.69. The van der Waals surface area contributed by atoms with Crippen LogP contribution in [0.1, 0.15) is 45.6 Å². The van der Waals surface area contributed by atoms with Crippen LogP contribution in [0, 0.1) is 0 Å². The molecule has 0 amide bonds. The number of rotatable bonds is 4. The molecule has 0 aromatic carbocycles. The highest BCUT2D eigenvalue weighted by molar-refractivity contribution is 5.10. The molecule has 0 saturated carbocycles. The van der Waals surface area contributed by atoms with Gasteiger partial charge in [0.1, 0.15) is 12.4 Å². The van der Waals surface area contributed by atoms with Crippen molar-refractivity contribution in [3.8, 4) is 0 Å². The predicted molar refractivity (Wildman–Crippen MR) is 57.2 cm³/mol. The zero-order valence-electron chi connectivity index (χ0n) is 9.55. The summed E-state index contributed by atoms with van der Waals surface area (Å²) in [4.78, 5) is 7.55. The average Bonchev–Trinajstić information content (AvgIpc) is 2.52. The van der Waals surface area contributed by atoms with Gasteiger partial charge >= 0.3 is 0 Å². The molecule has 0 saturated heterocycles. The van der Waals surface area contributed by atoms with Gasteiger partial charge in [-0.3, -0.25) is 0 Å². The second-order valence-corrected chi connectivity index (χ2v) is 4.55. The fourth-order valence-electron chi connectivity index (χ4n) is 1.13. The maximum Gasteiger partial charge on any atom is 0.132 e. The summed E-state index contributed by atoms with van der Waals surface area (Å²) in [6.07, 6.45) is 2.94. The van der Waals surface area contributed by atoms with E-state index in [2.05, 4.69) is 37.7 Å². The van der Waals surface area contributed by atoms with Crippen molar-refractivity contribution >= 4 is 0 Å². The maximum atomic E-state index is 5.40. The quantitative estimate of drug-likeness (QED) is 0.752. The van der Waals surface area contributed by atoms with Gasteiger partial charge in [0, 0.05) is 23.9 Å². The van der Waals surface area contributed by atoms with Crippen molar-refractivity contribution in [3.05, 3.63) is 17.7 Å². The Morgan fingerprint density at radius 3 is 2.64 bits per heavy atom. The standard InChI is InChI=1S/C11H20N2O/c1-5-6-14-8-10-12-7-9(13-10)11(2,3)4/h7H,5-6,8H2,1-4H3,(H,12,13). The highest BCUT2D eigenvalue weighted by atomic mass is 16.5. The van der Waals surface area contributed by atoms with Gasteiger partial charge in [-0.25, -0.2) is 4.98 Å². The zero-order chi connectivity index (χ0) is 10.6. The van der Waals surface area contributed by atoms with Crippen LogP contribution in [0.3, 0.4) is 0 Å². The lowest BCUT2D eigenvalue weighted by Gasteiger charge is -2.15. The third-order valence-corrected chi connectivity index (χ3v) is 2.02. The Morgan fingerprint density at radius 2 is 2.14 bits per heavy atom. The number of aromatic nitrogens is 2. The molecular weight excluding hydrogens is 176 g/mol. The van der Waals surface area contributed by atoms with Gasteiger partial charge in [-0.05, 0) is 6.42 Å². The number of aromatic amines is 1. The van der Waals surface area contributed by atoms with Gasteiger partial charge in [0.05, 0.1) is 0 Å². The summed E-state index contributed by atoms with van der Waals surface area (Å²) in [5, 5.41) is 0. The number of nitrogens with zero attached hydrogens (tertiary/aromatic N) is 1. The van der Waals surface area contributed by atoms with Gasteiger partial charge in [0.15, 0.2) is 0 Å². The van der Waals surface area contributed by atoms with Gasteiger partial charge in [0.2, 0.25) is 0 Å². The van der Waals surface area contributed by atoms with E-state index in [1.165, 1.54) is 0 Å². The van der Waals surface area contributed by atoms with Crippen LogP contribution in [0.15, 0.2) is 6.20 Å². The molecule has 1 N–H and O–H groups in total. The first-order chi connectivity index (χ1) is 6.54. The third kappa shape index (κ3) is 3.14. The molecule has 0 bridgehead atoms. The van der Waals surface area contributed by atoms with Crippen molar-refractivity contribution in [3.63, 3.8) is 0 Å². The number of ether oxygens (including phenoxy) is 1. The van der Waals surface area contributed by atoms with Crippen LogP contribution in [-0.4, -0.2) is 16.6 Å². The molecule has 1 heterocycles. The summed E-state index contributed by atoms with van der Waals surface area (Å²) in [5.74, 6) is 0.920. The van der Waals surface area contributed by atoms with Crippen molar-refractivity contribution in [2.75, 3.05) is 6.61 Å². The van der Waals surface area contributed by atoms with Gasteiger partial charge in [-0.15, -0.1) is 0 Å². The topological polar surface area (TPSA) is 37.9 Å². The Bertz CT molecular complexity index is 273. The van der Waals surface area contributed by atoms with Crippen molar-refractivity contribution in [2.24, 2.45) is 0 Å². The van der Waals surface area contributed by atoms with E-state index >= 15 is 0 Å². The molecule has 14 heavy (non-hydrogen) atoms. The van der Waals surface area contributed by atoms with Crippen LogP contribution in [0.5, 0.6) is 0 Å². The highest BCUT2D eigenvalue weighted by Crippen LogP contribution is 2.19. The minimum Gasteiger partial charge on any atom is -0.374 e. The van der Waals surface area contributed by atoms with E-state index in [1.807, 2.05) is 6.20 Å². The van der Waals surface area contributed by atoms with Crippen molar-refractivity contribution < 1.29 is 4.74 Å². The van der Waals surface area contributed by atoms with E-state index in [0.29, 0.717) is 6.61 Å². The first-order valence-electron chi connectivity index (χ1n) is 5.16. The van der Waals surface area contributed by atoms with Gasteiger partial charge in [0.25, 0.3) is 0 Å². The minimum absolute atomic E-state index is 0.135. The van der Waals surface area contributed by atoms with Crippen molar-refractivity contribution in [2.45, 2.75) is 46.1 Å². The van der Waals surface area contributed by atoms with Crippen LogP contribution in [0.25, 0.3) is 0 Å². The van der Waals surface area contributed by atoms with Crippen LogP contribution >= 0.6 is 0 Å². The zero-order valence-corrected chi connectivity index (χ0v) is 9.55. The Hall–Kier alpha value is -0.830. The molecule has 3 nitrogen and oxygen atoms in total. The number of imidazole rings is 1. The monoisotopic (exact) mass is 196 g/mol. The second-order valence-electron chi connectivity index (χ2n) is 4.55. The minimum atomic E-state index is 0.135. The summed E-state index contributed by atoms with van der Waals surface area (Å²) >= 11 is 0. The van der Waals surface area contributed by atoms with E-state index in [-0.39, 0.29) is 5.41 Å². The first kappa shape index (κ1) is 11.2. The summed E-state index contributed by atoms with van der Waals surface area (Å²) in [7, 11) is 0. The van der Waals surface area contributed by atoms with Crippen LogP contribution in [-0.2, 0) is 16.8 Å². The lowest BCUT2D eigenvalue weighted by molar-refractivity contribution is 0.116. The maximum absolute atomic E-state index is 5.40. The fourth-order valence-corrected chi connectivity index (χ4v) is 1.13. The van der Waals surface area contributed by atoms with Crippen LogP contribution in [0.4, 0.5) is 0 Å². The Balaban J connectivity index is 2.51. The number of hydrogen-bond acceptors (Lipinski definition) is 2. The van der Waals surface area contributed by atoms with E-state index in [4.69, 9.17) is 4.74 Å². The Labute approximate surface area is 85.9 Å². The SMILES string of the molecule is CCCOCc1ncc(C(C)(C)C)[nH]1. The van der Waals surface area contributed by atoms with E-state index in [9.17, 15) is 0 Å². The molecule has 0 radical (unpaired) electrons. The molecule has 1 rings (SSSR count). The molecular formula is C11H20N2O. The molecule has 3 heteroatoms. The highest BCUT2D eigenvalue weighted by Gasteiger charge is 2.16. The molecule has 1 aromatic heterocycles. The normalized spacial score (nSPS) is 12.0.